The Balaban J connectivity index is 1.49. The Morgan fingerprint density at radius 3 is 3.00 bits per heavy atom. The van der Waals surface area contributed by atoms with Gasteiger partial charge in [-0.1, -0.05) is 23.7 Å². The van der Waals surface area contributed by atoms with E-state index in [1.165, 1.54) is 0 Å². The summed E-state index contributed by atoms with van der Waals surface area (Å²) in [6.45, 7) is 3.14. The van der Waals surface area contributed by atoms with E-state index < -0.39 is 0 Å². The van der Waals surface area contributed by atoms with Gasteiger partial charge in [0.15, 0.2) is 5.65 Å². The second-order valence-electron chi connectivity index (χ2n) is 6.82. The predicted octanol–water partition coefficient (Wildman–Crippen LogP) is 2.90. The van der Waals surface area contributed by atoms with Crippen LogP contribution >= 0.6 is 11.6 Å². The SMILES string of the molecule is Clc1cccc(Cn2ncc3c(N4CCOC5(CC5)C4)ncnc32)c1. The molecule has 0 bridgehead atoms. The van der Waals surface area contributed by atoms with Crippen molar-refractivity contribution in [3.63, 3.8) is 0 Å². The summed E-state index contributed by atoms with van der Waals surface area (Å²) in [6, 6.07) is 7.82. The summed E-state index contributed by atoms with van der Waals surface area (Å²) in [7, 11) is 0. The molecule has 25 heavy (non-hydrogen) atoms. The van der Waals surface area contributed by atoms with Crippen LogP contribution in [0.2, 0.25) is 5.02 Å². The van der Waals surface area contributed by atoms with E-state index in [4.69, 9.17) is 16.3 Å². The molecule has 0 N–H and O–H groups in total. The Hall–Kier alpha value is -2.18. The van der Waals surface area contributed by atoms with Crippen LogP contribution in [-0.2, 0) is 11.3 Å². The third-order valence-corrected chi connectivity index (χ3v) is 5.22. The van der Waals surface area contributed by atoms with Gasteiger partial charge in [-0.05, 0) is 30.5 Å². The van der Waals surface area contributed by atoms with Crippen LogP contribution in [0.25, 0.3) is 11.0 Å². The van der Waals surface area contributed by atoms with E-state index in [0.29, 0.717) is 6.54 Å². The first-order valence-electron chi connectivity index (χ1n) is 8.52. The van der Waals surface area contributed by atoms with Crippen molar-refractivity contribution in [2.45, 2.75) is 25.0 Å². The molecular weight excluding hydrogens is 338 g/mol. The third kappa shape index (κ3) is 2.75. The van der Waals surface area contributed by atoms with Crippen molar-refractivity contribution in [2.24, 2.45) is 0 Å². The zero-order valence-electron chi connectivity index (χ0n) is 13.7. The van der Waals surface area contributed by atoms with Gasteiger partial charge in [-0.2, -0.15) is 5.10 Å². The molecular formula is C18H18ClN5O. The molecule has 128 valence electrons. The van der Waals surface area contributed by atoms with E-state index in [1.54, 1.807) is 6.33 Å². The standard InChI is InChI=1S/C18H18ClN5O/c19-14-3-1-2-13(8-14)10-24-17-15(9-22-24)16(20-12-21-17)23-6-7-25-18(11-23)4-5-18/h1-3,8-9,12H,4-7,10-11H2. The number of hydrogen-bond donors (Lipinski definition) is 0. The Kier molecular flexibility index (Phi) is 3.43. The molecule has 5 rings (SSSR count). The highest BCUT2D eigenvalue weighted by Gasteiger charge is 2.47. The fourth-order valence-electron chi connectivity index (χ4n) is 3.52. The zero-order chi connectivity index (χ0) is 16.9. The van der Waals surface area contributed by atoms with Crippen molar-refractivity contribution in [3.05, 3.63) is 47.4 Å². The minimum Gasteiger partial charge on any atom is -0.371 e. The van der Waals surface area contributed by atoms with Gasteiger partial charge in [0.1, 0.15) is 12.1 Å². The first kappa shape index (κ1) is 15.1. The van der Waals surface area contributed by atoms with Crippen LogP contribution in [-0.4, -0.2) is 45.0 Å². The minimum atomic E-state index is 0.0618. The highest BCUT2D eigenvalue weighted by atomic mass is 35.5. The molecule has 1 spiro atoms. The fourth-order valence-corrected chi connectivity index (χ4v) is 3.74. The topological polar surface area (TPSA) is 56.1 Å². The maximum absolute atomic E-state index is 6.09. The molecule has 2 aromatic heterocycles. The van der Waals surface area contributed by atoms with Crippen molar-refractivity contribution in [1.29, 1.82) is 0 Å². The maximum Gasteiger partial charge on any atom is 0.163 e. The quantitative estimate of drug-likeness (QED) is 0.723. The molecule has 1 saturated heterocycles. The summed E-state index contributed by atoms with van der Waals surface area (Å²) in [5, 5.41) is 6.26. The number of morpholine rings is 1. The molecule has 1 aromatic carbocycles. The normalized spacial score (nSPS) is 18.8. The molecule has 3 heterocycles. The number of anilines is 1. The van der Waals surface area contributed by atoms with E-state index in [2.05, 4.69) is 20.0 Å². The lowest BCUT2D eigenvalue weighted by Gasteiger charge is -2.34. The lowest BCUT2D eigenvalue weighted by Crippen LogP contribution is -2.44. The van der Waals surface area contributed by atoms with Crippen molar-refractivity contribution in [2.75, 3.05) is 24.6 Å². The monoisotopic (exact) mass is 355 g/mol. The van der Waals surface area contributed by atoms with Gasteiger partial charge in [0.05, 0.1) is 30.3 Å². The average Bonchev–Trinajstić information content (AvgIpc) is 3.23. The number of aromatic nitrogens is 4. The first-order chi connectivity index (χ1) is 12.2. The van der Waals surface area contributed by atoms with Crippen molar-refractivity contribution < 1.29 is 4.74 Å². The molecule has 6 nitrogen and oxygen atoms in total. The molecule has 1 saturated carbocycles. The van der Waals surface area contributed by atoms with Crippen molar-refractivity contribution in [3.8, 4) is 0 Å². The largest absolute Gasteiger partial charge is 0.371 e. The molecule has 0 atom stereocenters. The average molecular weight is 356 g/mol. The van der Waals surface area contributed by atoms with Gasteiger partial charge in [0.2, 0.25) is 0 Å². The molecule has 1 aliphatic heterocycles. The highest BCUT2D eigenvalue weighted by molar-refractivity contribution is 6.30. The molecule has 0 amide bonds. The number of benzene rings is 1. The molecule has 1 aliphatic carbocycles. The van der Waals surface area contributed by atoms with Gasteiger partial charge in [-0.25, -0.2) is 14.6 Å². The fraction of sp³-hybridized carbons (Fsp3) is 0.389. The summed E-state index contributed by atoms with van der Waals surface area (Å²) in [5.41, 5.74) is 2.01. The van der Waals surface area contributed by atoms with E-state index in [1.807, 2.05) is 35.1 Å². The zero-order valence-corrected chi connectivity index (χ0v) is 14.5. The van der Waals surface area contributed by atoms with E-state index >= 15 is 0 Å². The Bertz CT molecular complexity index is 936. The van der Waals surface area contributed by atoms with Crippen LogP contribution in [0.5, 0.6) is 0 Å². The lowest BCUT2D eigenvalue weighted by atomic mass is 10.2. The molecule has 0 radical (unpaired) electrons. The number of hydrogen-bond acceptors (Lipinski definition) is 5. The second-order valence-corrected chi connectivity index (χ2v) is 7.26. The van der Waals surface area contributed by atoms with E-state index in [9.17, 15) is 0 Å². The predicted molar refractivity (Wildman–Crippen MR) is 96.0 cm³/mol. The third-order valence-electron chi connectivity index (χ3n) is 4.99. The van der Waals surface area contributed by atoms with Gasteiger partial charge in [-0.3, -0.25) is 0 Å². The molecule has 2 fully saturated rings. The Labute approximate surface area is 150 Å². The highest BCUT2D eigenvalue weighted by Crippen LogP contribution is 2.43. The number of ether oxygens (including phenoxy) is 1. The smallest absolute Gasteiger partial charge is 0.163 e. The van der Waals surface area contributed by atoms with Crippen molar-refractivity contribution >= 4 is 28.5 Å². The van der Waals surface area contributed by atoms with Crippen molar-refractivity contribution in [1.82, 2.24) is 19.7 Å². The molecule has 7 heteroatoms. The summed E-state index contributed by atoms with van der Waals surface area (Å²) in [4.78, 5) is 11.3. The number of fused-ring (bicyclic) bond motifs is 1. The van der Waals surface area contributed by atoms with Crippen LogP contribution in [0, 0.1) is 0 Å². The lowest BCUT2D eigenvalue weighted by molar-refractivity contribution is 0.0204. The van der Waals surface area contributed by atoms with Crippen LogP contribution in [0.15, 0.2) is 36.8 Å². The summed E-state index contributed by atoms with van der Waals surface area (Å²) >= 11 is 6.09. The van der Waals surface area contributed by atoms with Gasteiger partial charge in [0.25, 0.3) is 0 Å². The van der Waals surface area contributed by atoms with Crippen LogP contribution in [0.4, 0.5) is 5.82 Å². The second kappa shape index (κ2) is 5.68. The first-order valence-corrected chi connectivity index (χ1v) is 8.90. The van der Waals surface area contributed by atoms with Gasteiger partial charge < -0.3 is 9.64 Å². The van der Waals surface area contributed by atoms with E-state index in [0.717, 1.165) is 60.0 Å². The number of rotatable bonds is 3. The van der Waals surface area contributed by atoms with Crippen LogP contribution < -0.4 is 4.90 Å². The van der Waals surface area contributed by atoms with Gasteiger partial charge in [0, 0.05) is 18.1 Å². The van der Waals surface area contributed by atoms with Gasteiger partial charge in [-0.15, -0.1) is 0 Å². The maximum atomic E-state index is 6.09. The van der Waals surface area contributed by atoms with Gasteiger partial charge >= 0.3 is 0 Å². The summed E-state index contributed by atoms with van der Waals surface area (Å²) < 4.78 is 7.82. The molecule has 0 unspecified atom stereocenters. The Morgan fingerprint density at radius 2 is 2.16 bits per heavy atom. The number of halogens is 1. The minimum absolute atomic E-state index is 0.0618. The summed E-state index contributed by atoms with van der Waals surface area (Å²) in [6.07, 6.45) is 5.78. The summed E-state index contributed by atoms with van der Waals surface area (Å²) in [5.74, 6) is 0.955. The van der Waals surface area contributed by atoms with Crippen LogP contribution in [0.1, 0.15) is 18.4 Å². The number of nitrogens with zero attached hydrogens (tertiary/aromatic N) is 5. The van der Waals surface area contributed by atoms with Crippen LogP contribution in [0.3, 0.4) is 0 Å². The molecule has 2 aliphatic rings. The molecule has 3 aromatic rings. The van der Waals surface area contributed by atoms with E-state index in [-0.39, 0.29) is 5.60 Å². The Morgan fingerprint density at radius 1 is 1.24 bits per heavy atom.